The number of rotatable bonds is 12. The zero-order valence-electron chi connectivity index (χ0n) is 22.5. The van der Waals surface area contributed by atoms with E-state index < -0.39 is 18.1 Å². The Morgan fingerprint density at radius 2 is 0.853 bits per heavy atom. The van der Waals surface area contributed by atoms with Gasteiger partial charge < -0.3 is 0 Å². The van der Waals surface area contributed by atoms with E-state index in [1.807, 2.05) is 0 Å². The maximum absolute atomic E-state index is 13.7. The van der Waals surface area contributed by atoms with Crippen LogP contribution in [0, 0.1) is 37.5 Å². The maximum atomic E-state index is 13.7. The largest absolute Gasteiger partial charge is 0.321 e. The minimum Gasteiger partial charge on any atom is -0.292 e. The molecule has 0 spiro atoms. The van der Waals surface area contributed by atoms with Crippen LogP contribution in [0.2, 0.25) is 0 Å². The summed E-state index contributed by atoms with van der Waals surface area (Å²) in [6.07, 6.45) is 0. The highest BCUT2D eigenvalue weighted by atomic mass is 32.2. The molecule has 0 unspecified atom stereocenters. The van der Waals surface area contributed by atoms with Crippen molar-refractivity contribution >= 4 is 31.8 Å². The van der Waals surface area contributed by atoms with Crippen molar-refractivity contribution in [2.24, 2.45) is 23.7 Å². The Bertz CT molecular complexity index is 830. The van der Waals surface area contributed by atoms with Crippen LogP contribution in [-0.4, -0.2) is 9.87 Å². The molecule has 0 heterocycles. The molecule has 6 heteroatoms. The van der Waals surface area contributed by atoms with Crippen LogP contribution in [0.15, 0.2) is 58.3 Å². The second kappa shape index (κ2) is 12.5. The van der Waals surface area contributed by atoms with Crippen LogP contribution in [-0.2, 0) is 13.6 Å². The highest BCUT2D eigenvalue weighted by Crippen LogP contribution is 2.55. The van der Waals surface area contributed by atoms with Crippen molar-refractivity contribution in [3.8, 4) is 0 Å². The number of thioether (sulfide) groups is 2. The van der Waals surface area contributed by atoms with Crippen molar-refractivity contribution in [1.82, 2.24) is 0 Å². The lowest BCUT2D eigenvalue weighted by molar-refractivity contribution is 0.0150. The second-order valence-corrected chi connectivity index (χ2v) is 13.9. The van der Waals surface area contributed by atoms with Crippen LogP contribution in [0.4, 0.5) is 0 Å². The molecule has 0 saturated heterocycles. The van der Waals surface area contributed by atoms with Gasteiger partial charge in [-0.2, -0.15) is 0 Å². The topological polar surface area (TPSA) is 35.5 Å². The summed E-state index contributed by atoms with van der Waals surface area (Å²) < 4.78 is 26.7. The van der Waals surface area contributed by atoms with Gasteiger partial charge in [-0.05, 0) is 61.8 Å². The Labute approximate surface area is 217 Å². The van der Waals surface area contributed by atoms with Gasteiger partial charge in [0, 0.05) is 9.79 Å². The summed E-state index contributed by atoms with van der Waals surface area (Å²) in [7, 11) is -2.83. The minimum absolute atomic E-state index is 0.133. The van der Waals surface area contributed by atoms with Gasteiger partial charge >= 0.3 is 8.25 Å². The van der Waals surface area contributed by atoms with Gasteiger partial charge in [0.1, 0.15) is 9.87 Å². The van der Waals surface area contributed by atoms with E-state index in [0.717, 1.165) is 9.79 Å². The lowest BCUT2D eigenvalue weighted by Crippen LogP contribution is -2.41. The molecule has 0 radical (unpaired) electrons. The Hall–Kier alpha value is -0.710. The molecular weight excluding hydrogens is 479 g/mol. The van der Waals surface area contributed by atoms with Crippen molar-refractivity contribution in [3.63, 3.8) is 0 Å². The highest BCUT2D eigenvalue weighted by Gasteiger charge is 2.46. The van der Waals surface area contributed by atoms with Crippen LogP contribution >= 0.6 is 31.8 Å². The molecule has 0 aromatic heterocycles. The van der Waals surface area contributed by atoms with E-state index in [9.17, 15) is 4.57 Å². The predicted octanol–water partition coefficient (Wildman–Crippen LogP) is 9.63. The summed E-state index contributed by atoms with van der Waals surface area (Å²) >= 11 is 3.31. The summed E-state index contributed by atoms with van der Waals surface area (Å²) in [5.74, 6) is 0.532. The van der Waals surface area contributed by atoms with Crippen molar-refractivity contribution in [3.05, 3.63) is 59.7 Å². The van der Waals surface area contributed by atoms with Gasteiger partial charge in [0.25, 0.3) is 0 Å². The van der Waals surface area contributed by atoms with Gasteiger partial charge in [-0.3, -0.25) is 13.6 Å². The summed E-state index contributed by atoms with van der Waals surface area (Å²) in [5.41, 5.74) is 2.43. The van der Waals surface area contributed by atoms with E-state index in [1.165, 1.54) is 11.1 Å². The third-order valence-corrected chi connectivity index (χ3v) is 11.3. The number of aryl methyl sites for hydroxylation is 2. The summed E-state index contributed by atoms with van der Waals surface area (Å²) in [4.78, 5) is 0.880. The summed E-state index contributed by atoms with van der Waals surface area (Å²) in [6.45, 7) is 21.2. The third kappa shape index (κ3) is 7.17. The van der Waals surface area contributed by atoms with E-state index in [-0.39, 0.29) is 23.7 Å². The number of hydrogen-bond donors (Lipinski definition) is 0. The first kappa shape index (κ1) is 29.5. The molecular formula is C28H43O3PS2. The fourth-order valence-corrected chi connectivity index (χ4v) is 8.65. The SMILES string of the molecule is Cc1ccc(SC(O[PH](=O)OC(Sc2ccc(C)cc2)(C(C)C)C(C)C)(C(C)C)C(C)C)cc1. The average molecular weight is 523 g/mol. The van der Waals surface area contributed by atoms with Crippen LogP contribution in [0.3, 0.4) is 0 Å². The van der Waals surface area contributed by atoms with Crippen LogP contribution in [0.5, 0.6) is 0 Å². The quantitative estimate of drug-likeness (QED) is 0.157. The molecule has 0 aliphatic heterocycles. The molecule has 2 aromatic carbocycles. The van der Waals surface area contributed by atoms with E-state index in [1.54, 1.807) is 23.5 Å². The van der Waals surface area contributed by atoms with Gasteiger partial charge in [-0.25, -0.2) is 0 Å². The van der Waals surface area contributed by atoms with Crippen molar-refractivity contribution in [2.75, 3.05) is 0 Å². The average Bonchev–Trinajstić information content (AvgIpc) is 2.75. The van der Waals surface area contributed by atoms with Crippen molar-refractivity contribution in [2.45, 2.75) is 88.9 Å². The standard InChI is InChI=1S/C28H43O3PS2/c1-19(2)27(20(3)4,33-25-15-11-23(9)12-16-25)30-32(29)31-28(21(5)6,22(7)8)34-26-17-13-24(10)14-18-26/h11-22,32H,1-10H3. The van der Waals surface area contributed by atoms with E-state index in [0.29, 0.717) is 0 Å². The zero-order chi connectivity index (χ0) is 25.7. The van der Waals surface area contributed by atoms with Gasteiger partial charge in [0.2, 0.25) is 0 Å². The number of hydrogen-bond acceptors (Lipinski definition) is 5. The molecule has 0 amide bonds. The fourth-order valence-electron chi connectivity index (χ4n) is 4.18. The highest BCUT2D eigenvalue weighted by molar-refractivity contribution is 8.01. The normalized spacial score (nSPS) is 13.1. The molecule has 0 N–H and O–H groups in total. The molecule has 0 aliphatic rings. The third-order valence-electron chi connectivity index (χ3n) is 6.30. The summed E-state index contributed by atoms with van der Waals surface area (Å²) in [5, 5.41) is 0. The molecule has 0 fully saturated rings. The van der Waals surface area contributed by atoms with Crippen LogP contribution in [0.25, 0.3) is 0 Å². The lowest BCUT2D eigenvalue weighted by atomic mass is 9.95. The lowest BCUT2D eigenvalue weighted by Gasteiger charge is -2.43. The monoisotopic (exact) mass is 522 g/mol. The smallest absolute Gasteiger partial charge is 0.292 e. The predicted molar refractivity (Wildman–Crippen MR) is 150 cm³/mol. The van der Waals surface area contributed by atoms with E-state index >= 15 is 0 Å². The van der Waals surface area contributed by atoms with Gasteiger partial charge in [0.05, 0.1) is 0 Å². The molecule has 2 aromatic rings. The first-order valence-electron chi connectivity index (χ1n) is 12.3. The first-order chi connectivity index (χ1) is 15.8. The summed E-state index contributed by atoms with van der Waals surface area (Å²) in [6, 6.07) is 16.9. The molecule has 2 rings (SSSR count). The van der Waals surface area contributed by atoms with Crippen LogP contribution in [0.1, 0.15) is 66.5 Å². The Morgan fingerprint density at radius 3 is 1.09 bits per heavy atom. The fraction of sp³-hybridized carbons (Fsp3) is 0.571. The number of benzene rings is 2. The van der Waals surface area contributed by atoms with Crippen molar-refractivity contribution < 1.29 is 13.6 Å². The Morgan fingerprint density at radius 1 is 0.588 bits per heavy atom. The molecule has 0 aliphatic carbocycles. The Balaban J connectivity index is 2.37. The molecule has 3 nitrogen and oxygen atoms in total. The van der Waals surface area contributed by atoms with E-state index in [2.05, 4.69) is 118 Å². The van der Waals surface area contributed by atoms with Crippen LogP contribution < -0.4 is 0 Å². The van der Waals surface area contributed by atoms with E-state index in [4.69, 9.17) is 9.05 Å². The van der Waals surface area contributed by atoms with Gasteiger partial charge in [0.15, 0.2) is 0 Å². The molecule has 34 heavy (non-hydrogen) atoms. The molecule has 190 valence electrons. The van der Waals surface area contributed by atoms with Crippen molar-refractivity contribution in [1.29, 1.82) is 0 Å². The molecule has 0 bridgehead atoms. The second-order valence-electron chi connectivity index (χ2n) is 10.3. The maximum Gasteiger partial charge on any atom is 0.321 e. The molecule has 0 saturated carbocycles. The van der Waals surface area contributed by atoms with Gasteiger partial charge in [-0.15, -0.1) is 0 Å². The zero-order valence-corrected chi connectivity index (χ0v) is 25.1. The Kier molecular flexibility index (Phi) is 10.9. The molecule has 0 atom stereocenters. The first-order valence-corrected chi connectivity index (χ1v) is 15.1. The minimum atomic E-state index is -2.83. The van der Waals surface area contributed by atoms with Gasteiger partial charge in [-0.1, -0.05) is 114 Å².